The van der Waals surface area contributed by atoms with Crippen LogP contribution in [0.3, 0.4) is 0 Å². The first-order valence-corrected chi connectivity index (χ1v) is 3.30. The van der Waals surface area contributed by atoms with E-state index >= 15 is 0 Å². The van der Waals surface area contributed by atoms with Gasteiger partial charge >= 0.3 is 5.63 Å². The molecule has 0 amide bonds. The van der Waals surface area contributed by atoms with Crippen LogP contribution in [0.1, 0.15) is 0 Å². The first-order valence-electron chi connectivity index (χ1n) is 2.42. The normalized spacial score (nSPS) is 10.7. The van der Waals surface area contributed by atoms with Crippen molar-refractivity contribution < 1.29 is 4.52 Å². The lowest BCUT2D eigenvalue weighted by molar-refractivity contribution is 0.400. The molecule has 2 aromatic rings. The van der Waals surface area contributed by atoms with E-state index in [1.165, 1.54) is 11.3 Å². The van der Waals surface area contributed by atoms with E-state index in [1.807, 2.05) is 11.4 Å². The second-order valence-electron chi connectivity index (χ2n) is 1.65. The van der Waals surface area contributed by atoms with Gasteiger partial charge in [0, 0.05) is 0 Å². The smallest absolute Gasteiger partial charge is 0.337 e. The van der Waals surface area contributed by atoms with Gasteiger partial charge in [0.15, 0.2) is 0 Å². The van der Waals surface area contributed by atoms with Gasteiger partial charge in [-0.05, 0) is 11.4 Å². The molecule has 0 unspecified atom stereocenters. The first kappa shape index (κ1) is 4.81. The number of H-pyrrole nitrogens is 1. The standard InChI is InChI=1S/C5H3NO2S/c7-5-4-3(6-8-5)1-2-9-4/h1-2,6H. The van der Waals surface area contributed by atoms with Crippen LogP contribution in [0.15, 0.2) is 20.8 Å². The maximum Gasteiger partial charge on any atom is 0.374 e. The Morgan fingerprint density at radius 1 is 1.67 bits per heavy atom. The minimum absolute atomic E-state index is 0.278. The minimum Gasteiger partial charge on any atom is -0.337 e. The zero-order valence-electron chi connectivity index (χ0n) is 4.38. The van der Waals surface area contributed by atoms with Crippen molar-refractivity contribution in [2.75, 3.05) is 0 Å². The molecule has 2 aromatic heterocycles. The Kier molecular flexibility index (Phi) is 0.790. The summed E-state index contributed by atoms with van der Waals surface area (Å²) in [6.45, 7) is 0. The number of aromatic amines is 1. The Labute approximate surface area is 53.9 Å². The second kappa shape index (κ2) is 1.48. The molecular formula is C5H3NO2S. The van der Waals surface area contributed by atoms with E-state index in [1.54, 1.807) is 0 Å². The van der Waals surface area contributed by atoms with Crippen LogP contribution in [-0.4, -0.2) is 5.16 Å². The monoisotopic (exact) mass is 141 g/mol. The molecule has 1 N–H and O–H groups in total. The highest BCUT2D eigenvalue weighted by Crippen LogP contribution is 2.13. The molecule has 0 saturated carbocycles. The van der Waals surface area contributed by atoms with Crippen molar-refractivity contribution in [3.05, 3.63) is 21.9 Å². The number of hydrogen-bond donors (Lipinski definition) is 1. The number of fused-ring (bicyclic) bond motifs is 1. The van der Waals surface area contributed by atoms with E-state index in [0.717, 1.165) is 5.52 Å². The summed E-state index contributed by atoms with van der Waals surface area (Å²) in [7, 11) is 0. The van der Waals surface area contributed by atoms with Gasteiger partial charge in [0.2, 0.25) is 0 Å². The minimum atomic E-state index is -0.278. The maximum atomic E-state index is 10.7. The fourth-order valence-corrected chi connectivity index (χ4v) is 1.41. The SMILES string of the molecule is O=c1o[nH]c2ccsc12. The molecule has 0 aliphatic heterocycles. The van der Waals surface area contributed by atoms with E-state index in [2.05, 4.69) is 9.68 Å². The van der Waals surface area contributed by atoms with Gasteiger partial charge in [0.05, 0.1) is 5.52 Å². The number of thiophene rings is 1. The lowest BCUT2D eigenvalue weighted by Crippen LogP contribution is -1.86. The summed E-state index contributed by atoms with van der Waals surface area (Å²) in [5.41, 5.74) is 0.505. The van der Waals surface area contributed by atoms with Crippen LogP contribution in [0.4, 0.5) is 0 Å². The highest BCUT2D eigenvalue weighted by molar-refractivity contribution is 7.17. The summed E-state index contributed by atoms with van der Waals surface area (Å²) < 4.78 is 5.15. The van der Waals surface area contributed by atoms with Gasteiger partial charge in [0.25, 0.3) is 0 Å². The molecule has 0 spiro atoms. The molecule has 9 heavy (non-hydrogen) atoms. The van der Waals surface area contributed by atoms with E-state index in [9.17, 15) is 4.79 Å². The van der Waals surface area contributed by atoms with Crippen LogP contribution in [-0.2, 0) is 0 Å². The van der Waals surface area contributed by atoms with Crippen molar-refractivity contribution in [3.63, 3.8) is 0 Å². The highest BCUT2D eigenvalue weighted by Gasteiger charge is 2.00. The van der Waals surface area contributed by atoms with Gasteiger partial charge in [-0.15, -0.1) is 11.3 Å². The van der Waals surface area contributed by atoms with Crippen LogP contribution in [0.5, 0.6) is 0 Å². The van der Waals surface area contributed by atoms with E-state index in [0.29, 0.717) is 4.70 Å². The Hall–Kier alpha value is -1.03. The van der Waals surface area contributed by atoms with Crippen LogP contribution in [0.2, 0.25) is 0 Å². The Bertz CT molecular complexity index is 369. The number of nitrogens with one attached hydrogen (secondary N) is 1. The Balaban J connectivity index is 3.17. The molecule has 2 rings (SSSR count). The molecule has 0 fully saturated rings. The summed E-state index contributed by atoms with van der Waals surface area (Å²) in [6.07, 6.45) is 0. The average Bonchev–Trinajstić information content (AvgIpc) is 2.35. The molecule has 3 nitrogen and oxygen atoms in total. The number of hydrogen-bond acceptors (Lipinski definition) is 3. The highest BCUT2D eigenvalue weighted by atomic mass is 32.1. The molecule has 2 heterocycles. The molecule has 0 atom stereocenters. The maximum absolute atomic E-state index is 10.7. The molecule has 0 saturated heterocycles. The third kappa shape index (κ3) is 0.533. The third-order valence-electron chi connectivity index (χ3n) is 1.10. The van der Waals surface area contributed by atoms with Crippen molar-refractivity contribution in [2.45, 2.75) is 0 Å². The van der Waals surface area contributed by atoms with Gasteiger partial charge in [-0.25, -0.2) is 9.95 Å². The van der Waals surface area contributed by atoms with E-state index in [-0.39, 0.29) is 5.63 Å². The summed E-state index contributed by atoms with van der Waals surface area (Å²) in [5, 5.41) is 4.34. The van der Waals surface area contributed by atoms with E-state index in [4.69, 9.17) is 0 Å². The number of aromatic nitrogens is 1. The molecule has 0 aromatic carbocycles. The quantitative estimate of drug-likeness (QED) is 0.598. The topological polar surface area (TPSA) is 46.0 Å². The predicted octanol–water partition coefficient (Wildman–Crippen LogP) is 1.18. The zero-order valence-corrected chi connectivity index (χ0v) is 5.20. The van der Waals surface area contributed by atoms with Crippen LogP contribution >= 0.6 is 11.3 Å². The first-order chi connectivity index (χ1) is 4.38. The van der Waals surface area contributed by atoms with Crippen molar-refractivity contribution in [1.82, 2.24) is 5.16 Å². The zero-order chi connectivity index (χ0) is 6.27. The fourth-order valence-electron chi connectivity index (χ4n) is 0.695. The van der Waals surface area contributed by atoms with Crippen LogP contribution < -0.4 is 5.63 Å². The van der Waals surface area contributed by atoms with Crippen molar-refractivity contribution in [3.8, 4) is 0 Å². The second-order valence-corrected chi connectivity index (χ2v) is 2.57. The Morgan fingerprint density at radius 2 is 2.56 bits per heavy atom. The van der Waals surface area contributed by atoms with E-state index < -0.39 is 0 Å². The molecule has 0 aliphatic rings. The van der Waals surface area contributed by atoms with Gasteiger partial charge in [-0.2, -0.15) is 0 Å². The molecule has 46 valence electrons. The fraction of sp³-hybridized carbons (Fsp3) is 0. The largest absolute Gasteiger partial charge is 0.374 e. The van der Waals surface area contributed by atoms with Gasteiger partial charge < -0.3 is 4.52 Å². The summed E-state index contributed by atoms with van der Waals surface area (Å²) in [5.74, 6) is 0. The van der Waals surface area contributed by atoms with Crippen LogP contribution in [0, 0.1) is 0 Å². The summed E-state index contributed by atoms with van der Waals surface area (Å²) >= 11 is 1.38. The molecule has 0 bridgehead atoms. The lowest BCUT2D eigenvalue weighted by atomic mass is 10.5. The van der Waals surface area contributed by atoms with Gasteiger partial charge in [0.1, 0.15) is 4.70 Å². The molecule has 0 aliphatic carbocycles. The van der Waals surface area contributed by atoms with Gasteiger partial charge in [-0.1, -0.05) is 0 Å². The summed E-state index contributed by atoms with van der Waals surface area (Å²) in [4.78, 5) is 10.7. The molecule has 4 heteroatoms. The predicted molar refractivity (Wildman–Crippen MR) is 34.7 cm³/mol. The average molecular weight is 141 g/mol. The molecular weight excluding hydrogens is 138 g/mol. The van der Waals surface area contributed by atoms with Crippen molar-refractivity contribution >= 4 is 21.6 Å². The van der Waals surface area contributed by atoms with Crippen molar-refractivity contribution in [2.24, 2.45) is 0 Å². The number of rotatable bonds is 0. The van der Waals surface area contributed by atoms with Crippen molar-refractivity contribution in [1.29, 1.82) is 0 Å². The Morgan fingerprint density at radius 3 is 3.33 bits per heavy atom. The van der Waals surface area contributed by atoms with Gasteiger partial charge in [-0.3, -0.25) is 0 Å². The lowest BCUT2D eigenvalue weighted by Gasteiger charge is -1.62. The molecule has 0 radical (unpaired) electrons. The summed E-state index contributed by atoms with van der Waals surface area (Å²) in [6, 6.07) is 1.81. The third-order valence-corrected chi connectivity index (χ3v) is 2.00. The van der Waals surface area contributed by atoms with Crippen LogP contribution in [0.25, 0.3) is 10.2 Å².